The number of H-pyrrole nitrogens is 2. The highest BCUT2D eigenvalue weighted by molar-refractivity contribution is 7.89. The fourth-order valence-electron chi connectivity index (χ4n) is 3.60. The lowest BCUT2D eigenvalue weighted by Gasteiger charge is -2.33. The summed E-state index contributed by atoms with van der Waals surface area (Å²) in [5, 5.41) is 0. The standard InChI is InChI=1S/C20H26N6O4S/c1-3-11-30-16-6-5-14(31(28,29)26-9-7-25(4-2)8-10-26)12-15(16)18-23-19-17(20(27)24-18)21-13-22-19/h5-6,12-13H,3-4,7-11H2,1-2H3,(H2,21,22,23,24,27). The maximum Gasteiger partial charge on any atom is 0.279 e. The lowest BCUT2D eigenvalue weighted by Crippen LogP contribution is -2.48. The predicted octanol–water partition coefficient (Wildman–Crippen LogP) is 1.43. The molecule has 2 N–H and O–H groups in total. The van der Waals surface area contributed by atoms with Gasteiger partial charge in [-0.2, -0.15) is 4.31 Å². The number of benzene rings is 1. The van der Waals surface area contributed by atoms with Gasteiger partial charge in [-0.15, -0.1) is 0 Å². The Kier molecular flexibility index (Phi) is 6.08. The summed E-state index contributed by atoms with van der Waals surface area (Å²) in [5.74, 6) is 0.680. The third-order valence-corrected chi connectivity index (χ3v) is 7.27. The molecule has 4 rings (SSSR count). The van der Waals surface area contributed by atoms with Gasteiger partial charge in [0, 0.05) is 26.2 Å². The molecule has 3 heterocycles. The van der Waals surface area contributed by atoms with Gasteiger partial charge in [0.1, 0.15) is 11.6 Å². The topological polar surface area (TPSA) is 124 Å². The molecule has 0 bridgehead atoms. The summed E-state index contributed by atoms with van der Waals surface area (Å²) >= 11 is 0. The Morgan fingerprint density at radius 1 is 1.16 bits per heavy atom. The normalized spacial score (nSPS) is 16.1. The third-order valence-electron chi connectivity index (χ3n) is 5.37. The van der Waals surface area contributed by atoms with Crippen LogP contribution in [0.15, 0.2) is 34.2 Å². The Morgan fingerprint density at radius 3 is 2.65 bits per heavy atom. The van der Waals surface area contributed by atoms with Crippen LogP contribution in [-0.4, -0.2) is 76.9 Å². The monoisotopic (exact) mass is 446 g/mol. The first kappa shape index (κ1) is 21.5. The van der Waals surface area contributed by atoms with E-state index in [0.29, 0.717) is 49.7 Å². The van der Waals surface area contributed by atoms with Gasteiger partial charge in [-0.05, 0) is 31.2 Å². The summed E-state index contributed by atoms with van der Waals surface area (Å²) in [5.41, 5.74) is 0.517. The summed E-state index contributed by atoms with van der Waals surface area (Å²) in [6.45, 7) is 7.67. The Labute approximate surface area is 180 Å². The van der Waals surface area contributed by atoms with Crippen molar-refractivity contribution in [2.45, 2.75) is 25.2 Å². The first-order chi connectivity index (χ1) is 14.9. The van der Waals surface area contributed by atoms with Crippen LogP contribution in [0.3, 0.4) is 0 Å². The molecule has 1 aromatic carbocycles. The minimum absolute atomic E-state index is 0.142. The lowest BCUT2D eigenvalue weighted by atomic mass is 10.2. The first-order valence-corrected chi connectivity index (χ1v) is 11.8. The molecule has 1 saturated heterocycles. The molecule has 0 atom stereocenters. The van der Waals surface area contributed by atoms with Crippen LogP contribution in [0.4, 0.5) is 0 Å². The number of piperazine rings is 1. The Bertz CT molecular complexity index is 1230. The number of aromatic amines is 2. The van der Waals surface area contributed by atoms with Gasteiger partial charge < -0.3 is 19.6 Å². The largest absolute Gasteiger partial charge is 0.493 e. The molecule has 1 fully saturated rings. The molecule has 11 heteroatoms. The smallest absolute Gasteiger partial charge is 0.279 e. The number of nitrogens with one attached hydrogen (secondary N) is 2. The van der Waals surface area contributed by atoms with Gasteiger partial charge in [0.25, 0.3) is 5.56 Å². The highest BCUT2D eigenvalue weighted by atomic mass is 32.2. The van der Waals surface area contributed by atoms with Gasteiger partial charge in [-0.3, -0.25) is 4.79 Å². The number of aromatic nitrogens is 4. The van der Waals surface area contributed by atoms with E-state index in [-0.39, 0.29) is 16.2 Å². The van der Waals surface area contributed by atoms with Gasteiger partial charge in [-0.1, -0.05) is 13.8 Å². The van der Waals surface area contributed by atoms with Gasteiger partial charge in [0.2, 0.25) is 10.0 Å². The fourth-order valence-corrected chi connectivity index (χ4v) is 5.05. The van der Waals surface area contributed by atoms with Crippen LogP contribution < -0.4 is 10.3 Å². The number of likely N-dealkylation sites (N-methyl/N-ethyl adjacent to an activating group) is 1. The van der Waals surface area contributed by atoms with Gasteiger partial charge in [0.15, 0.2) is 11.2 Å². The van der Waals surface area contributed by atoms with Crippen LogP contribution in [0.25, 0.3) is 22.6 Å². The van der Waals surface area contributed by atoms with Crippen LogP contribution in [0.2, 0.25) is 0 Å². The molecule has 0 radical (unpaired) electrons. The van der Waals surface area contributed by atoms with E-state index in [1.54, 1.807) is 12.1 Å². The van der Waals surface area contributed by atoms with E-state index in [4.69, 9.17) is 4.74 Å². The molecule has 31 heavy (non-hydrogen) atoms. The zero-order chi connectivity index (χ0) is 22.0. The Hall–Kier alpha value is -2.76. The van der Waals surface area contributed by atoms with Crippen LogP contribution in [0.5, 0.6) is 5.75 Å². The molecule has 1 aliphatic heterocycles. The quantitative estimate of drug-likeness (QED) is 0.562. The molecule has 0 spiro atoms. The number of hydrogen-bond acceptors (Lipinski definition) is 7. The van der Waals surface area contributed by atoms with Crippen molar-refractivity contribution in [1.82, 2.24) is 29.1 Å². The number of nitrogens with zero attached hydrogens (tertiary/aromatic N) is 4. The summed E-state index contributed by atoms with van der Waals surface area (Å²) in [7, 11) is -3.69. The average Bonchev–Trinajstić information content (AvgIpc) is 3.27. The van der Waals surface area contributed by atoms with E-state index in [2.05, 4.69) is 31.8 Å². The lowest BCUT2D eigenvalue weighted by molar-refractivity contribution is 0.196. The van der Waals surface area contributed by atoms with E-state index in [0.717, 1.165) is 13.0 Å². The van der Waals surface area contributed by atoms with Crippen molar-refractivity contribution in [1.29, 1.82) is 0 Å². The summed E-state index contributed by atoms with van der Waals surface area (Å²) in [6.07, 6.45) is 2.17. The zero-order valence-electron chi connectivity index (χ0n) is 17.6. The van der Waals surface area contributed by atoms with Crippen molar-refractivity contribution in [2.24, 2.45) is 0 Å². The second-order valence-corrected chi connectivity index (χ2v) is 9.30. The molecule has 2 aromatic heterocycles. The number of rotatable bonds is 7. The minimum Gasteiger partial charge on any atom is -0.493 e. The van der Waals surface area contributed by atoms with E-state index in [9.17, 15) is 13.2 Å². The maximum atomic E-state index is 13.3. The number of fused-ring (bicyclic) bond motifs is 1. The summed E-state index contributed by atoms with van der Waals surface area (Å²) in [4.78, 5) is 28.7. The second kappa shape index (κ2) is 8.77. The van der Waals surface area contributed by atoms with Crippen molar-refractivity contribution in [3.63, 3.8) is 0 Å². The third kappa shape index (κ3) is 4.21. The Balaban J connectivity index is 1.76. The highest BCUT2D eigenvalue weighted by Crippen LogP contribution is 2.32. The summed E-state index contributed by atoms with van der Waals surface area (Å²) < 4.78 is 33.9. The Morgan fingerprint density at radius 2 is 1.94 bits per heavy atom. The van der Waals surface area contributed by atoms with E-state index < -0.39 is 15.6 Å². The first-order valence-electron chi connectivity index (χ1n) is 10.4. The highest BCUT2D eigenvalue weighted by Gasteiger charge is 2.29. The molecule has 166 valence electrons. The van der Waals surface area contributed by atoms with Crippen molar-refractivity contribution in [3.8, 4) is 17.1 Å². The average molecular weight is 447 g/mol. The number of sulfonamides is 1. The molecule has 0 saturated carbocycles. The minimum atomic E-state index is -3.69. The van der Waals surface area contributed by atoms with Crippen LogP contribution >= 0.6 is 0 Å². The number of hydrogen-bond donors (Lipinski definition) is 2. The van der Waals surface area contributed by atoms with Crippen molar-refractivity contribution in [3.05, 3.63) is 34.9 Å². The summed E-state index contributed by atoms with van der Waals surface area (Å²) in [6, 6.07) is 4.69. The van der Waals surface area contributed by atoms with Crippen LogP contribution in [-0.2, 0) is 10.0 Å². The molecule has 3 aromatic rings. The van der Waals surface area contributed by atoms with Gasteiger partial charge in [0.05, 0.1) is 23.4 Å². The van der Waals surface area contributed by atoms with Crippen molar-refractivity contribution >= 4 is 21.2 Å². The van der Waals surface area contributed by atoms with Crippen molar-refractivity contribution < 1.29 is 13.2 Å². The molecular formula is C20H26N6O4S. The van der Waals surface area contributed by atoms with Crippen LogP contribution in [0.1, 0.15) is 20.3 Å². The van der Waals surface area contributed by atoms with E-state index >= 15 is 0 Å². The molecule has 0 unspecified atom stereocenters. The second-order valence-electron chi connectivity index (χ2n) is 7.36. The number of imidazole rings is 1. The molecule has 10 nitrogen and oxygen atoms in total. The zero-order valence-corrected chi connectivity index (χ0v) is 18.4. The van der Waals surface area contributed by atoms with E-state index in [1.165, 1.54) is 16.7 Å². The number of ether oxygens (including phenoxy) is 1. The molecule has 1 aliphatic rings. The molecular weight excluding hydrogens is 420 g/mol. The van der Waals surface area contributed by atoms with Gasteiger partial charge >= 0.3 is 0 Å². The van der Waals surface area contributed by atoms with Crippen LogP contribution in [0, 0.1) is 0 Å². The predicted molar refractivity (Wildman–Crippen MR) is 117 cm³/mol. The van der Waals surface area contributed by atoms with Crippen molar-refractivity contribution in [2.75, 3.05) is 39.3 Å². The maximum absolute atomic E-state index is 13.3. The molecule has 0 amide bonds. The van der Waals surface area contributed by atoms with E-state index in [1.807, 2.05) is 6.92 Å². The SMILES string of the molecule is CCCOc1ccc(S(=O)(=O)N2CCN(CC)CC2)cc1-c1nc2[nH]cnc2c(=O)[nH]1. The fraction of sp³-hybridized carbons (Fsp3) is 0.450. The van der Waals surface area contributed by atoms with Gasteiger partial charge in [-0.25, -0.2) is 18.4 Å². The molecule has 0 aliphatic carbocycles.